The second kappa shape index (κ2) is 9.92. The minimum Gasteiger partial charge on any atom is -0.490 e. The number of benzene rings is 2. The van der Waals surface area contributed by atoms with Crippen LogP contribution in [0.5, 0.6) is 11.5 Å². The van der Waals surface area contributed by atoms with Crippen molar-refractivity contribution in [2.24, 2.45) is 5.10 Å². The van der Waals surface area contributed by atoms with Crippen LogP contribution in [0.1, 0.15) is 18.1 Å². The van der Waals surface area contributed by atoms with Crippen molar-refractivity contribution in [3.05, 3.63) is 57.2 Å². The van der Waals surface area contributed by atoms with E-state index in [1.54, 1.807) is 6.92 Å². The molecule has 0 saturated heterocycles. The maximum absolute atomic E-state index is 13.3. The van der Waals surface area contributed by atoms with Crippen LogP contribution in [0.3, 0.4) is 0 Å². The maximum atomic E-state index is 13.3. The van der Waals surface area contributed by atoms with E-state index in [1.807, 2.05) is 52.9 Å². The highest BCUT2D eigenvalue weighted by atomic mass is 127. The van der Waals surface area contributed by atoms with Crippen molar-refractivity contribution in [1.29, 1.82) is 0 Å². The summed E-state index contributed by atoms with van der Waals surface area (Å²) in [7, 11) is 0. The molecule has 2 aromatic rings. The Labute approximate surface area is 186 Å². The van der Waals surface area contributed by atoms with Gasteiger partial charge in [0.15, 0.2) is 11.5 Å². The van der Waals surface area contributed by atoms with E-state index in [2.05, 4.69) is 5.10 Å². The molecule has 4 nitrogen and oxygen atoms in total. The number of hydrogen-bond acceptors (Lipinski definition) is 4. The molecular formula is C19H16F7IN2O2. The molecule has 0 aliphatic carbocycles. The largest absolute Gasteiger partial charge is 0.490 e. The van der Waals surface area contributed by atoms with Crippen LogP contribution in [0.2, 0.25) is 0 Å². The summed E-state index contributed by atoms with van der Waals surface area (Å²) in [6, 6.07) is 6.29. The number of nitrogens with zero attached hydrogens (tertiary/aromatic N) is 1. The van der Waals surface area contributed by atoms with Crippen LogP contribution >= 0.6 is 22.6 Å². The second-order valence-electron chi connectivity index (χ2n) is 6.05. The smallest absolute Gasteiger partial charge is 0.462 e. The highest BCUT2D eigenvalue weighted by Gasteiger charge is 2.73. The van der Waals surface area contributed by atoms with Gasteiger partial charge in [0.05, 0.1) is 16.4 Å². The first kappa shape index (κ1) is 25.0. The third-order valence-corrected chi connectivity index (χ3v) is 4.53. The Morgan fingerprint density at radius 1 is 1.00 bits per heavy atom. The summed E-state index contributed by atoms with van der Waals surface area (Å²) in [4.78, 5) is 0. The van der Waals surface area contributed by atoms with Crippen molar-refractivity contribution >= 4 is 28.8 Å². The first-order valence-corrected chi connectivity index (χ1v) is 9.72. The summed E-state index contributed by atoms with van der Waals surface area (Å²) < 4.78 is 100. The van der Waals surface area contributed by atoms with Gasteiger partial charge in [-0.15, -0.1) is 0 Å². The lowest BCUT2D eigenvalue weighted by Crippen LogP contribution is -2.58. The predicted octanol–water partition coefficient (Wildman–Crippen LogP) is 5.98. The molecule has 0 spiro atoms. The van der Waals surface area contributed by atoms with Gasteiger partial charge >= 0.3 is 18.1 Å². The number of halogens is 8. The van der Waals surface area contributed by atoms with Crippen LogP contribution in [0.15, 0.2) is 47.6 Å². The van der Waals surface area contributed by atoms with Crippen LogP contribution in [0, 0.1) is 3.57 Å². The lowest BCUT2D eigenvalue weighted by molar-refractivity contribution is -0.361. The van der Waals surface area contributed by atoms with Gasteiger partial charge in [0, 0.05) is 0 Å². The van der Waals surface area contributed by atoms with E-state index in [0.717, 1.165) is 5.56 Å². The molecule has 31 heavy (non-hydrogen) atoms. The molecule has 0 heterocycles. The Hall–Kier alpha value is -2.25. The van der Waals surface area contributed by atoms with E-state index >= 15 is 0 Å². The number of rotatable bonds is 9. The lowest BCUT2D eigenvalue weighted by atomic mass is 10.2. The molecule has 0 unspecified atom stereocenters. The van der Waals surface area contributed by atoms with Gasteiger partial charge in [-0.05, 0) is 52.8 Å². The molecule has 170 valence electrons. The Balaban J connectivity index is 2.20. The molecule has 0 aliphatic rings. The first-order chi connectivity index (χ1) is 14.4. The van der Waals surface area contributed by atoms with E-state index in [-0.39, 0.29) is 24.5 Å². The van der Waals surface area contributed by atoms with Crippen LogP contribution in [-0.2, 0) is 6.61 Å². The summed E-state index contributed by atoms with van der Waals surface area (Å²) in [6.45, 7) is 2.13. The number of hydrogen-bond donors (Lipinski definition) is 1. The SMILES string of the molecule is CCOc1cc(/C=N\NC(F)(F)C(F)(F)C(F)(F)F)cc(I)c1OCc1ccccc1. The number of ether oxygens (including phenoxy) is 2. The van der Waals surface area contributed by atoms with Crippen LogP contribution in [0.4, 0.5) is 30.7 Å². The summed E-state index contributed by atoms with van der Waals surface area (Å²) in [6.07, 6.45) is -5.78. The molecule has 0 atom stereocenters. The summed E-state index contributed by atoms with van der Waals surface area (Å²) in [5.41, 5.74) is 1.57. The Morgan fingerprint density at radius 2 is 1.65 bits per heavy atom. The van der Waals surface area contributed by atoms with Gasteiger partial charge in [0.2, 0.25) is 0 Å². The maximum Gasteiger partial charge on any atom is 0.462 e. The van der Waals surface area contributed by atoms with E-state index in [9.17, 15) is 30.7 Å². The lowest BCUT2D eigenvalue weighted by Gasteiger charge is -2.27. The van der Waals surface area contributed by atoms with Crippen molar-refractivity contribution in [3.8, 4) is 11.5 Å². The quantitative estimate of drug-likeness (QED) is 0.134. The monoisotopic (exact) mass is 564 g/mol. The van der Waals surface area contributed by atoms with Gasteiger partial charge in [0.25, 0.3) is 0 Å². The zero-order chi connectivity index (χ0) is 23.3. The molecule has 1 N–H and O–H groups in total. The Morgan fingerprint density at radius 3 is 2.23 bits per heavy atom. The second-order valence-corrected chi connectivity index (χ2v) is 7.22. The van der Waals surface area contributed by atoms with E-state index in [0.29, 0.717) is 21.0 Å². The molecule has 0 fully saturated rings. The average Bonchev–Trinajstić information content (AvgIpc) is 2.67. The van der Waals surface area contributed by atoms with Crippen LogP contribution in [-0.4, -0.2) is 31.0 Å². The third kappa shape index (κ3) is 6.14. The molecule has 0 saturated carbocycles. The predicted molar refractivity (Wildman–Crippen MR) is 108 cm³/mol. The first-order valence-electron chi connectivity index (χ1n) is 8.64. The van der Waals surface area contributed by atoms with Gasteiger partial charge in [-0.25, -0.2) is 5.43 Å². The van der Waals surface area contributed by atoms with Crippen molar-refractivity contribution in [3.63, 3.8) is 0 Å². The van der Waals surface area contributed by atoms with Crippen molar-refractivity contribution in [1.82, 2.24) is 5.43 Å². The van der Waals surface area contributed by atoms with Gasteiger partial charge in [-0.1, -0.05) is 30.3 Å². The highest BCUT2D eigenvalue weighted by Crippen LogP contribution is 2.45. The van der Waals surface area contributed by atoms with Gasteiger partial charge in [-0.3, -0.25) is 0 Å². The molecule has 0 aromatic heterocycles. The average molecular weight is 564 g/mol. The summed E-state index contributed by atoms with van der Waals surface area (Å²) in [5.74, 6) is -5.73. The summed E-state index contributed by atoms with van der Waals surface area (Å²) >= 11 is 1.88. The molecular weight excluding hydrogens is 548 g/mol. The number of hydrazone groups is 1. The van der Waals surface area contributed by atoms with Crippen molar-refractivity contribution in [2.45, 2.75) is 31.7 Å². The topological polar surface area (TPSA) is 42.8 Å². The fraction of sp³-hybridized carbons (Fsp3) is 0.316. The number of nitrogens with one attached hydrogen (secondary N) is 1. The molecule has 0 bridgehead atoms. The standard InChI is InChI=1S/C19H16F7IN2O2/c1-2-30-15-9-13(10-28-29-19(25,26)17(20,21)18(22,23)24)8-14(27)16(15)31-11-12-6-4-3-5-7-12/h3-10,29H,2,11H2,1H3/b28-10-. The Bertz CT molecular complexity index is 906. The molecule has 2 rings (SSSR count). The van der Waals surface area contributed by atoms with E-state index < -0.39 is 18.1 Å². The highest BCUT2D eigenvalue weighted by molar-refractivity contribution is 14.1. The van der Waals surface area contributed by atoms with E-state index in [1.165, 1.54) is 12.1 Å². The van der Waals surface area contributed by atoms with Crippen molar-refractivity contribution in [2.75, 3.05) is 6.61 Å². The van der Waals surface area contributed by atoms with Crippen molar-refractivity contribution < 1.29 is 40.2 Å². The van der Waals surface area contributed by atoms with Crippen LogP contribution < -0.4 is 14.9 Å². The number of alkyl halides is 7. The normalized spacial score (nSPS) is 12.8. The molecule has 0 amide bonds. The summed E-state index contributed by atoms with van der Waals surface area (Å²) in [5, 5.41) is 2.85. The zero-order valence-corrected chi connectivity index (χ0v) is 18.0. The van der Waals surface area contributed by atoms with Crippen LogP contribution in [0.25, 0.3) is 0 Å². The van der Waals surface area contributed by atoms with Gasteiger partial charge < -0.3 is 9.47 Å². The molecule has 0 radical (unpaired) electrons. The minimum absolute atomic E-state index is 0.110. The minimum atomic E-state index is -6.45. The van der Waals surface area contributed by atoms with E-state index in [4.69, 9.17) is 9.47 Å². The molecule has 12 heteroatoms. The third-order valence-electron chi connectivity index (χ3n) is 3.73. The molecule has 0 aliphatic heterocycles. The Kier molecular flexibility index (Phi) is 8.00. The zero-order valence-electron chi connectivity index (χ0n) is 15.8. The van der Waals surface area contributed by atoms with Gasteiger partial charge in [-0.2, -0.15) is 35.8 Å². The fourth-order valence-electron chi connectivity index (χ4n) is 2.23. The fourth-order valence-corrected chi connectivity index (χ4v) is 3.01. The van der Waals surface area contributed by atoms with Gasteiger partial charge in [0.1, 0.15) is 6.61 Å². The molecule has 2 aromatic carbocycles.